The van der Waals surface area contributed by atoms with E-state index < -0.39 is 0 Å². The minimum atomic E-state index is 0.225. The molecule has 0 aliphatic heterocycles. The Morgan fingerprint density at radius 3 is 2.62 bits per heavy atom. The molecule has 1 heterocycles. The number of nitrogens with zero attached hydrogens (tertiary/aromatic N) is 3. The molecular formula is C9H11N3O. The fourth-order valence-corrected chi connectivity index (χ4v) is 1.15. The molecule has 0 atom stereocenters. The number of benzene rings is 1. The minimum Gasteiger partial charge on any atom is -0.508 e. The quantitative estimate of drug-likeness (QED) is 0.721. The van der Waals surface area contributed by atoms with Crippen LogP contribution in [0.1, 0.15) is 19.9 Å². The molecule has 1 N–H and O–H groups in total. The molecule has 1 aromatic carbocycles. The van der Waals surface area contributed by atoms with Crippen molar-refractivity contribution >= 4 is 11.0 Å². The first-order chi connectivity index (χ1) is 6.16. The Labute approximate surface area is 75.8 Å². The van der Waals surface area contributed by atoms with Gasteiger partial charge in [-0.2, -0.15) is 15.0 Å². The van der Waals surface area contributed by atoms with Crippen LogP contribution in [0, 0.1) is 0 Å². The second-order valence-electron chi connectivity index (χ2n) is 3.29. The average Bonchev–Trinajstić information content (AvgIpc) is 2.46. The van der Waals surface area contributed by atoms with E-state index in [1.807, 2.05) is 13.8 Å². The van der Waals surface area contributed by atoms with Crippen LogP contribution >= 0.6 is 0 Å². The van der Waals surface area contributed by atoms with Gasteiger partial charge in [-0.05, 0) is 26.0 Å². The summed E-state index contributed by atoms with van der Waals surface area (Å²) in [5.41, 5.74) is 1.54. The van der Waals surface area contributed by atoms with E-state index in [-0.39, 0.29) is 11.8 Å². The molecule has 0 aliphatic carbocycles. The third-order valence-corrected chi connectivity index (χ3v) is 1.84. The summed E-state index contributed by atoms with van der Waals surface area (Å²) in [5.74, 6) is 0.225. The fraction of sp³-hybridized carbons (Fsp3) is 0.333. The first kappa shape index (κ1) is 8.04. The molecule has 0 fully saturated rings. The van der Waals surface area contributed by atoms with Crippen LogP contribution in [0.15, 0.2) is 18.2 Å². The molecule has 4 heteroatoms. The Bertz CT molecular complexity index is 433. The predicted molar refractivity (Wildman–Crippen MR) is 49.6 cm³/mol. The van der Waals surface area contributed by atoms with E-state index in [0.717, 1.165) is 11.0 Å². The monoisotopic (exact) mass is 177 g/mol. The van der Waals surface area contributed by atoms with Crippen molar-refractivity contribution < 1.29 is 5.11 Å². The topological polar surface area (TPSA) is 50.9 Å². The average molecular weight is 177 g/mol. The standard InChI is InChI=1S/C9H11N3O/c1-6(2)12-10-8-4-3-7(13)5-9(8)11-12/h3-6,13H,1-2H3. The van der Waals surface area contributed by atoms with E-state index in [4.69, 9.17) is 0 Å². The van der Waals surface area contributed by atoms with Gasteiger partial charge in [0.15, 0.2) is 0 Å². The van der Waals surface area contributed by atoms with Gasteiger partial charge in [-0.25, -0.2) is 0 Å². The lowest BCUT2D eigenvalue weighted by atomic mass is 10.3. The Morgan fingerprint density at radius 2 is 1.92 bits per heavy atom. The van der Waals surface area contributed by atoms with Gasteiger partial charge in [0.25, 0.3) is 0 Å². The zero-order valence-electron chi connectivity index (χ0n) is 7.60. The SMILES string of the molecule is CC(C)n1nc2ccc(O)cc2n1. The highest BCUT2D eigenvalue weighted by molar-refractivity contribution is 5.75. The molecule has 0 radical (unpaired) electrons. The third-order valence-electron chi connectivity index (χ3n) is 1.84. The number of fused-ring (bicyclic) bond motifs is 1. The molecule has 4 nitrogen and oxygen atoms in total. The maximum Gasteiger partial charge on any atom is 0.117 e. The zero-order valence-corrected chi connectivity index (χ0v) is 7.60. The summed E-state index contributed by atoms with van der Waals surface area (Å²) in [6, 6.07) is 5.23. The predicted octanol–water partition coefficient (Wildman–Crippen LogP) is 1.72. The lowest BCUT2D eigenvalue weighted by Gasteiger charge is -1.99. The molecule has 2 aromatic rings. The zero-order chi connectivity index (χ0) is 9.42. The van der Waals surface area contributed by atoms with Gasteiger partial charge in [0.1, 0.15) is 16.8 Å². The first-order valence-electron chi connectivity index (χ1n) is 4.22. The van der Waals surface area contributed by atoms with Gasteiger partial charge in [0, 0.05) is 6.07 Å². The number of rotatable bonds is 1. The van der Waals surface area contributed by atoms with E-state index in [1.165, 1.54) is 0 Å². The Morgan fingerprint density at radius 1 is 1.23 bits per heavy atom. The molecule has 68 valence electrons. The summed E-state index contributed by atoms with van der Waals surface area (Å²) in [4.78, 5) is 1.64. The van der Waals surface area contributed by atoms with E-state index in [0.29, 0.717) is 0 Å². The molecule has 0 aliphatic rings. The maximum atomic E-state index is 9.20. The second-order valence-corrected chi connectivity index (χ2v) is 3.29. The van der Waals surface area contributed by atoms with Crippen molar-refractivity contribution in [2.24, 2.45) is 0 Å². The van der Waals surface area contributed by atoms with E-state index in [2.05, 4.69) is 10.2 Å². The minimum absolute atomic E-state index is 0.225. The highest BCUT2D eigenvalue weighted by Crippen LogP contribution is 2.17. The van der Waals surface area contributed by atoms with Crippen molar-refractivity contribution in [3.05, 3.63) is 18.2 Å². The molecule has 0 unspecified atom stereocenters. The van der Waals surface area contributed by atoms with Crippen LogP contribution in [-0.2, 0) is 0 Å². The summed E-state index contributed by atoms with van der Waals surface area (Å²) >= 11 is 0. The first-order valence-corrected chi connectivity index (χ1v) is 4.22. The second kappa shape index (κ2) is 2.73. The largest absolute Gasteiger partial charge is 0.508 e. The lowest BCUT2D eigenvalue weighted by molar-refractivity contribution is 0.470. The normalized spacial score (nSPS) is 11.3. The lowest BCUT2D eigenvalue weighted by Crippen LogP contribution is -2.03. The van der Waals surface area contributed by atoms with Crippen molar-refractivity contribution in [3.63, 3.8) is 0 Å². The van der Waals surface area contributed by atoms with Gasteiger partial charge in [-0.1, -0.05) is 0 Å². The van der Waals surface area contributed by atoms with E-state index in [9.17, 15) is 5.11 Å². The maximum absolute atomic E-state index is 9.20. The van der Waals surface area contributed by atoms with Crippen molar-refractivity contribution in [2.75, 3.05) is 0 Å². The highest BCUT2D eigenvalue weighted by Gasteiger charge is 2.04. The summed E-state index contributed by atoms with van der Waals surface area (Å²) in [7, 11) is 0. The van der Waals surface area contributed by atoms with Crippen LogP contribution in [0.3, 0.4) is 0 Å². The number of aromatic nitrogens is 3. The molecule has 13 heavy (non-hydrogen) atoms. The number of hydrogen-bond donors (Lipinski definition) is 1. The number of hydrogen-bond acceptors (Lipinski definition) is 3. The van der Waals surface area contributed by atoms with Crippen LogP contribution in [0.5, 0.6) is 5.75 Å². The molecule has 0 bridgehead atoms. The third kappa shape index (κ3) is 1.35. The van der Waals surface area contributed by atoms with Crippen LogP contribution in [0.4, 0.5) is 0 Å². The number of aromatic hydroxyl groups is 1. The summed E-state index contributed by atoms with van der Waals surface area (Å²) in [6.45, 7) is 4.03. The van der Waals surface area contributed by atoms with Gasteiger partial charge < -0.3 is 5.11 Å². The Balaban J connectivity index is 2.62. The van der Waals surface area contributed by atoms with Crippen molar-refractivity contribution in [1.82, 2.24) is 15.0 Å². The number of phenols is 1. The van der Waals surface area contributed by atoms with E-state index >= 15 is 0 Å². The Hall–Kier alpha value is -1.58. The molecule has 1 aromatic heterocycles. The molecule has 0 saturated carbocycles. The summed E-state index contributed by atoms with van der Waals surface area (Å²) < 4.78 is 0. The smallest absolute Gasteiger partial charge is 0.117 e. The van der Waals surface area contributed by atoms with Crippen LogP contribution in [0.25, 0.3) is 11.0 Å². The molecule has 2 rings (SSSR count). The highest BCUT2D eigenvalue weighted by atomic mass is 16.3. The van der Waals surface area contributed by atoms with Gasteiger partial charge >= 0.3 is 0 Å². The van der Waals surface area contributed by atoms with Gasteiger partial charge in [0.2, 0.25) is 0 Å². The van der Waals surface area contributed by atoms with Crippen LogP contribution in [0.2, 0.25) is 0 Å². The Kier molecular flexibility index (Phi) is 1.69. The molecule has 0 spiro atoms. The molecular weight excluding hydrogens is 166 g/mol. The van der Waals surface area contributed by atoms with Gasteiger partial charge in [-0.15, -0.1) is 0 Å². The molecule has 0 saturated heterocycles. The van der Waals surface area contributed by atoms with Gasteiger partial charge in [-0.3, -0.25) is 0 Å². The van der Waals surface area contributed by atoms with E-state index in [1.54, 1.807) is 23.0 Å². The van der Waals surface area contributed by atoms with Crippen molar-refractivity contribution in [3.8, 4) is 5.75 Å². The number of phenolic OH excluding ortho intramolecular Hbond substituents is 1. The summed E-state index contributed by atoms with van der Waals surface area (Å²) in [6.07, 6.45) is 0. The van der Waals surface area contributed by atoms with Crippen molar-refractivity contribution in [2.45, 2.75) is 19.9 Å². The summed E-state index contributed by atoms with van der Waals surface area (Å²) in [5, 5.41) is 17.7. The molecule has 0 amide bonds. The van der Waals surface area contributed by atoms with Crippen LogP contribution in [-0.4, -0.2) is 20.1 Å². The van der Waals surface area contributed by atoms with Crippen molar-refractivity contribution in [1.29, 1.82) is 0 Å². The van der Waals surface area contributed by atoms with Gasteiger partial charge in [0.05, 0.1) is 6.04 Å². The van der Waals surface area contributed by atoms with Crippen LogP contribution < -0.4 is 0 Å². The fourth-order valence-electron chi connectivity index (χ4n) is 1.15.